The summed E-state index contributed by atoms with van der Waals surface area (Å²) in [6.45, 7) is 19.7. The molecule has 6 atom stereocenters. The van der Waals surface area contributed by atoms with Gasteiger partial charge in [0.25, 0.3) is 0 Å². The third kappa shape index (κ3) is 3.33. The summed E-state index contributed by atoms with van der Waals surface area (Å²) < 4.78 is 0. The maximum atomic E-state index is 12.8. The van der Waals surface area contributed by atoms with Gasteiger partial charge in [-0.2, -0.15) is 0 Å². The fraction of sp³-hybridized carbons (Fsp3) is 0.900. The molecule has 4 aliphatic carbocycles. The van der Waals surface area contributed by atoms with Crippen LogP contribution in [0.3, 0.4) is 0 Å². The van der Waals surface area contributed by atoms with Gasteiger partial charge < -0.3 is 0 Å². The van der Waals surface area contributed by atoms with Gasteiger partial charge in [-0.15, -0.1) is 0 Å². The molecule has 0 radical (unpaired) electrons. The minimum Gasteiger partial charge on any atom is -0.299 e. The quantitative estimate of drug-likeness (QED) is 0.401. The number of rotatable bonds is 5. The fourth-order valence-electron chi connectivity index (χ4n) is 9.49. The average molecular weight is 427 g/mol. The Morgan fingerprint density at radius 1 is 0.839 bits per heavy atom. The largest absolute Gasteiger partial charge is 0.299 e. The molecule has 0 unspecified atom stereocenters. The number of ketones is 1. The van der Waals surface area contributed by atoms with Crippen molar-refractivity contribution >= 4 is 5.78 Å². The number of carbonyl (C=O) groups is 1. The molecule has 0 bridgehead atoms. The van der Waals surface area contributed by atoms with E-state index in [1.807, 2.05) is 11.1 Å². The van der Waals surface area contributed by atoms with E-state index in [1.165, 1.54) is 57.8 Å². The third-order valence-electron chi connectivity index (χ3n) is 11.7. The lowest BCUT2D eigenvalue weighted by atomic mass is 9.43. The van der Waals surface area contributed by atoms with Gasteiger partial charge in [0.05, 0.1) is 0 Å². The number of Topliss-reactive ketones (excluding diaryl/α,β-unsaturated/α-hetero) is 1. The molecule has 0 aromatic heterocycles. The molecule has 176 valence electrons. The number of allylic oxidation sites excluding steroid dienone is 2. The summed E-state index contributed by atoms with van der Waals surface area (Å²) >= 11 is 0. The van der Waals surface area contributed by atoms with Crippen molar-refractivity contribution in [2.75, 3.05) is 0 Å². The van der Waals surface area contributed by atoms with E-state index in [4.69, 9.17) is 0 Å². The van der Waals surface area contributed by atoms with E-state index in [9.17, 15) is 4.79 Å². The molecule has 4 rings (SSSR count). The van der Waals surface area contributed by atoms with Crippen LogP contribution in [0.2, 0.25) is 0 Å². The lowest BCUT2D eigenvalue weighted by Gasteiger charge is -2.61. The average Bonchev–Trinajstić information content (AvgIpc) is 2.96. The van der Waals surface area contributed by atoms with Gasteiger partial charge in [0.1, 0.15) is 5.78 Å². The number of hydrogen-bond acceptors (Lipinski definition) is 1. The van der Waals surface area contributed by atoms with Crippen LogP contribution in [-0.2, 0) is 4.79 Å². The highest BCUT2D eigenvalue weighted by molar-refractivity contribution is 5.85. The van der Waals surface area contributed by atoms with E-state index < -0.39 is 0 Å². The first-order chi connectivity index (χ1) is 14.4. The van der Waals surface area contributed by atoms with Crippen LogP contribution in [-0.4, -0.2) is 5.78 Å². The van der Waals surface area contributed by atoms with Crippen molar-refractivity contribution in [3.63, 3.8) is 0 Å². The number of fused-ring (bicyclic) bond motifs is 4. The SMILES string of the molecule is CC(C)CCC[C@@H](C)[C@H]1CC[C@@]2(C)C3=C(CC[C@]12C)[C@@]1(C)CCC(=O)C(C)(C)[C@@H]1CC3. The molecule has 0 heterocycles. The molecule has 0 amide bonds. The van der Waals surface area contributed by atoms with Crippen LogP contribution in [0.5, 0.6) is 0 Å². The van der Waals surface area contributed by atoms with Crippen LogP contribution < -0.4 is 0 Å². The molecular formula is C30H50O. The van der Waals surface area contributed by atoms with Crippen LogP contribution in [0.25, 0.3) is 0 Å². The fourth-order valence-corrected chi connectivity index (χ4v) is 9.49. The third-order valence-corrected chi connectivity index (χ3v) is 11.7. The van der Waals surface area contributed by atoms with Gasteiger partial charge in [-0.05, 0) is 84.9 Å². The molecule has 2 saturated carbocycles. The van der Waals surface area contributed by atoms with Gasteiger partial charge in [0.15, 0.2) is 0 Å². The van der Waals surface area contributed by atoms with Crippen LogP contribution in [0.1, 0.15) is 126 Å². The molecule has 0 spiro atoms. The summed E-state index contributed by atoms with van der Waals surface area (Å²) in [5.74, 6) is 3.63. The minimum absolute atomic E-state index is 0.143. The molecule has 0 aromatic carbocycles. The second-order valence-corrected chi connectivity index (χ2v) is 13.8. The molecule has 0 N–H and O–H groups in total. The highest BCUT2D eigenvalue weighted by Gasteiger charge is 2.63. The molecule has 0 aromatic rings. The monoisotopic (exact) mass is 426 g/mol. The second kappa shape index (κ2) is 7.73. The van der Waals surface area contributed by atoms with Gasteiger partial charge in [-0.1, -0.05) is 85.8 Å². The summed E-state index contributed by atoms with van der Waals surface area (Å²) in [6.07, 6.45) is 14.1. The standard InChI is InChI=1S/C30H50O/c1-20(2)10-9-11-21(3)22-14-18-30(8)24-12-13-25-27(4,5)26(31)16-17-28(25,6)23(24)15-19-29(22,30)7/h20-22,25H,9-19H2,1-8H3/t21-,22-,25+,28-,29-,30+/m1/s1. The van der Waals surface area contributed by atoms with E-state index in [-0.39, 0.29) is 10.8 Å². The van der Waals surface area contributed by atoms with Crippen molar-refractivity contribution in [3.8, 4) is 0 Å². The van der Waals surface area contributed by atoms with Gasteiger partial charge in [-0.3, -0.25) is 4.79 Å². The van der Waals surface area contributed by atoms with Gasteiger partial charge in [0.2, 0.25) is 0 Å². The van der Waals surface area contributed by atoms with Gasteiger partial charge in [-0.25, -0.2) is 0 Å². The first kappa shape index (κ1) is 23.6. The lowest BCUT2D eigenvalue weighted by Crippen LogP contribution is -2.53. The van der Waals surface area contributed by atoms with Crippen LogP contribution >= 0.6 is 0 Å². The summed E-state index contributed by atoms with van der Waals surface area (Å²) in [5.41, 5.74) is 4.65. The Balaban J connectivity index is 1.63. The Bertz CT molecular complexity index is 756. The zero-order valence-electron chi connectivity index (χ0n) is 22.0. The molecule has 0 saturated heterocycles. The van der Waals surface area contributed by atoms with Crippen molar-refractivity contribution in [3.05, 3.63) is 11.1 Å². The maximum absolute atomic E-state index is 12.8. The number of carbonyl (C=O) groups excluding carboxylic acids is 1. The molecule has 1 nitrogen and oxygen atoms in total. The van der Waals surface area contributed by atoms with Crippen molar-refractivity contribution < 1.29 is 4.79 Å². The zero-order chi connectivity index (χ0) is 22.8. The Hall–Kier alpha value is -0.590. The Morgan fingerprint density at radius 2 is 1.55 bits per heavy atom. The van der Waals surface area contributed by atoms with Crippen molar-refractivity contribution in [1.29, 1.82) is 0 Å². The van der Waals surface area contributed by atoms with Crippen LogP contribution in [0, 0.1) is 45.3 Å². The van der Waals surface area contributed by atoms with E-state index in [0.29, 0.717) is 22.5 Å². The topological polar surface area (TPSA) is 17.1 Å². The molecule has 1 heteroatoms. The van der Waals surface area contributed by atoms with E-state index in [0.717, 1.165) is 30.6 Å². The molecule has 31 heavy (non-hydrogen) atoms. The predicted molar refractivity (Wildman–Crippen MR) is 132 cm³/mol. The Labute approximate surface area is 193 Å². The van der Waals surface area contributed by atoms with Crippen molar-refractivity contribution in [2.45, 2.75) is 126 Å². The zero-order valence-corrected chi connectivity index (χ0v) is 22.0. The van der Waals surface area contributed by atoms with Crippen LogP contribution in [0.4, 0.5) is 0 Å². The molecule has 0 aliphatic heterocycles. The molecular weight excluding hydrogens is 376 g/mol. The van der Waals surface area contributed by atoms with Crippen LogP contribution in [0.15, 0.2) is 11.1 Å². The van der Waals surface area contributed by atoms with Gasteiger partial charge in [0, 0.05) is 11.8 Å². The molecule has 4 aliphatic rings. The molecule has 2 fully saturated rings. The van der Waals surface area contributed by atoms with Gasteiger partial charge >= 0.3 is 0 Å². The minimum atomic E-state index is -0.143. The lowest BCUT2D eigenvalue weighted by molar-refractivity contribution is -0.139. The Morgan fingerprint density at radius 3 is 2.23 bits per heavy atom. The predicted octanol–water partition coefficient (Wildman–Crippen LogP) is 8.77. The smallest absolute Gasteiger partial charge is 0.138 e. The van der Waals surface area contributed by atoms with E-state index in [1.54, 1.807) is 0 Å². The van der Waals surface area contributed by atoms with Crippen molar-refractivity contribution in [1.82, 2.24) is 0 Å². The Kier molecular flexibility index (Phi) is 5.88. The summed E-state index contributed by atoms with van der Waals surface area (Å²) in [4.78, 5) is 12.8. The first-order valence-corrected chi connectivity index (χ1v) is 13.6. The summed E-state index contributed by atoms with van der Waals surface area (Å²) in [7, 11) is 0. The second-order valence-electron chi connectivity index (χ2n) is 13.8. The maximum Gasteiger partial charge on any atom is 0.138 e. The summed E-state index contributed by atoms with van der Waals surface area (Å²) in [6, 6.07) is 0. The highest BCUT2D eigenvalue weighted by Crippen LogP contribution is 2.72. The number of hydrogen-bond donors (Lipinski definition) is 0. The first-order valence-electron chi connectivity index (χ1n) is 13.6. The highest BCUT2D eigenvalue weighted by atomic mass is 16.1. The van der Waals surface area contributed by atoms with E-state index >= 15 is 0 Å². The summed E-state index contributed by atoms with van der Waals surface area (Å²) in [5, 5.41) is 0. The van der Waals surface area contributed by atoms with E-state index in [2.05, 4.69) is 55.4 Å². The normalized spacial score (nSPS) is 42.9. The van der Waals surface area contributed by atoms with Crippen molar-refractivity contribution in [2.24, 2.45) is 45.3 Å².